The number of halogens is 3. The molecule has 1 aromatic heterocycles. The summed E-state index contributed by atoms with van der Waals surface area (Å²) in [5.41, 5.74) is -1.01. The highest BCUT2D eigenvalue weighted by Crippen LogP contribution is 2.36. The van der Waals surface area contributed by atoms with Gasteiger partial charge in [0.05, 0.1) is 11.3 Å². The molecule has 0 saturated heterocycles. The van der Waals surface area contributed by atoms with Crippen LogP contribution in [-0.4, -0.2) is 26.0 Å². The number of hydrogen-bond donors (Lipinski definition) is 2. The van der Waals surface area contributed by atoms with E-state index in [9.17, 15) is 18.7 Å². The van der Waals surface area contributed by atoms with E-state index < -0.39 is 33.9 Å². The number of phenolic OH excluding ortho intramolecular Hbond substituents is 1. The molecular formula is C11H7ClF2N2O3. The quantitative estimate of drug-likeness (QED) is 0.832. The van der Waals surface area contributed by atoms with Crippen LogP contribution in [0, 0.1) is 11.6 Å². The smallest absolute Gasteiger partial charge is 0.356 e. The molecule has 0 aliphatic heterocycles. The van der Waals surface area contributed by atoms with Crippen LogP contribution in [0.1, 0.15) is 10.5 Å². The molecule has 8 heteroatoms. The molecule has 0 aliphatic carbocycles. The summed E-state index contributed by atoms with van der Waals surface area (Å²) in [5, 5.41) is 20.9. The summed E-state index contributed by atoms with van der Waals surface area (Å²) < 4.78 is 28.6. The van der Waals surface area contributed by atoms with Gasteiger partial charge in [-0.1, -0.05) is 11.6 Å². The first kappa shape index (κ1) is 13.3. The Balaban J connectivity index is 2.72. The highest BCUT2D eigenvalue weighted by atomic mass is 35.5. The van der Waals surface area contributed by atoms with Crippen LogP contribution in [0.3, 0.4) is 0 Å². The van der Waals surface area contributed by atoms with Gasteiger partial charge in [0.1, 0.15) is 16.6 Å². The van der Waals surface area contributed by atoms with Gasteiger partial charge in [0.15, 0.2) is 11.5 Å². The predicted molar refractivity (Wildman–Crippen MR) is 62.2 cm³/mol. The van der Waals surface area contributed by atoms with Crippen molar-refractivity contribution in [2.24, 2.45) is 7.05 Å². The number of carboxylic acid groups (broad SMARTS) is 1. The number of rotatable bonds is 2. The maximum Gasteiger partial charge on any atom is 0.356 e. The predicted octanol–water partition coefficient (Wildman–Crippen LogP) is 2.42. The van der Waals surface area contributed by atoms with Crippen molar-refractivity contribution >= 4 is 17.6 Å². The first-order valence-electron chi connectivity index (χ1n) is 4.97. The fraction of sp³-hybridized carbons (Fsp3) is 0.0909. The lowest BCUT2D eigenvalue weighted by molar-refractivity contribution is 0.0689. The van der Waals surface area contributed by atoms with E-state index in [4.69, 9.17) is 16.7 Å². The maximum atomic E-state index is 13.9. The minimum absolute atomic E-state index is 0.102. The summed E-state index contributed by atoms with van der Waals surface area (Å²) >= 11 is 5.49. The van der Waals surface area contributed by atoms with E-state index >= 15 is 0 Å². The fourth-order valence-corrected chi connectivity index (χ4v) is 1.77. The highest BCUT2D eigenvalue weighted by Gasteiger charge is 2.23. The minimum Gasteiger partial charge on any atom is -0.506 e. The van der Waals surface area contributed by atoms with E-state index in [0.717, 1.165) is 10.7 Å². The Kier molecular flexibility index (Phi) is 3.15. The molecule has 0 unspecified atom stereocenters. The van der Waals surface area contributed by atoms with Crippen molar-refractivity contribution in [2.75, 3.05) is 0 Å². The summed E-state index contributed by atoms with van der Waals surface area (Å²) in [6.07, 6.45) is 0. The number of aromatic carboxylic acids is 1. The van der Waals surface area contributed by atoms with Gasteiger partial charge in [0.25, 0.3) is 0 Å². The molecule has 2 rings (SSSR count). The molecule has 1 heterocycles. The summed E-state index contributed by atoms with van der Waals surface area (Å²) in [6.45, 7) is 0. The Bertz CT molecular complexity index is 685. The molecule has 0 fully saturated rings. The molecule has 0 radical (unpaired) electrons. The molecule has 1 aromatic carbocycles. The molecule has 0 bridgehead atoms. The fourth-order valence-electron chi connectivity index (χ4n) is 1.62. The molecule has 0 atom stereocenters. The lowest BCUT2D eigenvalue weighted by Crippen LogP contribution is -2.00. The number of aromatic hydroxyl groups is 1. The van der Waals surface area contributed by atoms with Crippen molar-refractivity contribution in [1.29, 1.82) is 0 Å². The zero-order valence-electron chi connectivity index (χ0n) is 9.49. The van der Waals surface area contributed by atoms with Gasteiger partial charge in [-0.3, -0.25) is 4.68 Å². The molecule has 0 saturated carbocycles. The molecular weight excluding hydrogens is 282 g/mol. The monoisotopic (exact) mass is 288 g/mol. The van der Waals surface area contributed by atoms with Crippen LogP contribution in [0.2, 0.25) is 5.02 Å². The van der Waals surface area contributed by atoms with Crippen LogP contribution < -0.4 is 0 Å². The number of nitrogens with zero attached hydrogens (tertiary/aromatic N) is 2. The standard InChI is InChI=1S/C11H7ClF2N2O3/c1-16-6(3-5(15-16)11(18)19)8-4(13)2-7(17)9(12)10(8)14/h2-3,17H,1H3,(H,18,19). The zero-order chi connectivity index (χ0) is 14.3. The van der Waals surface area contributed by atoms with Crippen molar-refractivity contribution < 1.29 is 23.8 Å². The molecule has 2 N–H and O–H groups in total. The Morgan fingerprint density at radius 2 is 2.05 bits per heavy atom. The molecule has 0 spiro atoms. The van der Waals surface area contributed by atoms with Gasteiger partial charge in [0.2, 0.25) is 0 Å². The van der Waals surface area contributed by atoms with Crippen LogP contribution in [-0.2, 0) is 7.05 Å². The molecule has 0 amide bonds. The Morgan fingerprint density at radius 1 is 1.42 bits per heavy atom. The molecule has 0 aliphatic rings. The summed E-state index contributed by atoms with van der Waals surface area (Å²) in [7, 11) is 1.33. The molecule has 5 nitrogen and oxygen atoms in total. The second-order valence-electron chi connectivity index (χ2n) is 3.72. The largest absolute Gasteiger partial charge is 0.506 e. The van der Waals surface area contributed by atoms with E-state index in [1.807, 2.05) is 0 Å². The van der Waals surface area contributed by atoms with Gasteiger partial charge in [-0.25, -0.2) is 13.6 Å². The van der Waals surface area contributed by atoms with Gasteiger partial charge < -0.3 is 10.2 Å². The van der Waals surface area contributed by atoms with Gasteiger partial charge in [-0.2, -0.15) is 5.10 Å². The third-order valence-corrected chi connectivity index (χ3v) is 2.85. The summed E-state index contributed by atoms with van der Waals surface area (Å²) in [5.74, 6) is -4.31. The second-order valence-corrected chi connectivity index (χ2v) is 4.10. The van der Waals surface area contributed by atoms with E-state index in [-0.39, 0.29) is 11.4 Å². The number of carbonyl (C=O) groups is 1. The molecule has 2 aromatic rings. The average molecular weight is 289 g/mol. The van der Waals surface area contributed by atoms with E-state index in [1.165, 1.54) is 7.05 Å². The van der Waals surface area contributed by atoms with Gasteiger partial charge >= 0.3 is 5.97 Å². The van der Waals surface area contributed by atoms with Crippen molar-refractivity contribution in [3.63, 3.8) is 0 Å². The lowest BCUT2D eigenvalue weighted by Gasteiger charge is -2.08. The average Bonchev–Trinajstić information content (AvgIpc) is 2.69. The first-order valence-corrected chi connectivity index (χ1v) is 5.35. The van der Waals surface area contributed by atoms with Crippen molar-refractivity contribution in [3.8, 4) is 17.0 Å². The van der Waals surface area contributed by atoms with Crippen LogP contribution in [0.4, 0.5) is 8.78 Å². The third kappa shape index (κ3) is 2.12. The van der Waals surface area contributed by atoms with Crippen molar-refractivity contribution in [2.45, 2.75) is 0 Å². The highest BCUT2D eigenvalue weighted by molar-refractivity contribution is 6.32. The Hall–Kier alpha value is -2.15. The van der Waals surface area contributed by atoms with Crippen LogP contribution in [0.15, 0.2) is 12.1 Å². The summed E-state index contributed by atoms with van der Waals surface area (Å²) in [6, 6.07) is 1.66. The van der Waals surface area contributed by atoms with E-state index in [2.05, 4.69) is 5.10 Å². The normalized spacial score (nSPS) is 10.7. The maximum absolute atomic E-state index is 13.9. The van der Waals surface area contributed by atoms with Crippen molar-refractivity contribution in [1.82, 2.24) is 9.78 Å². The zero-order valence-corrected chi connectivity index (χ0v) is 10.2. The summed E-state index contributed by atoms with van der Waals surface area (Å²) in [4.78, 5) is 10.8. The van der Waals surface area contributed by atoms with Gasteiger partial charge in [-0.15, -0.1) is 0 Å². The second kappa shape index (κ2) is 4.51. The number of benzene rings is 1. The first-order chi connectivity index (χ1) is 8.82. The van der Waals surface area contributed by atoms with Gasteiger partial charge in [0, 0.05) is 13.1 Å². The molecule has 19 heavy (non-hydrogen) atoms. The van der Waals surface area contributed by atoms with Crippen LogP contribution in [0.5, 0.6) is 5.75 Å². The van der Waals surface area contributed by atoms with Crippen LogP contribution in [0.25, 0.3) is 11.3 Å². The lowest BCUT2D eigenvalue weighted by atomic mass is 10.1. The number of phenols is 1. The Morgan fingerprint density at radius 3 is 2.58 bits per heavy atom. The molecule has 100 valence electrons. The van der Waals surface area contributed by atoms with E-state index in [0.29, 0.717) is 6.07 Å². The number of carboxylic acids is 1. The third-order valence-electron chi connectivity index (χ3n) is 2.49. The minimum atomic E-state index is -1.33. The van der Waals surface area contributed by atoms with Gasteiger partial charge in [-0.05, 0) is 6.07 Å². The Labute approximate surface area is 110 Å². The van der Waals surface area contributed by atoms with E-state index in [1.54, 1.807) is 0 Å². The van der Waals surface area contributed by atoms with Crippen molar-refractivity contribution in [3.05, 3.63) is 34.5 Å². The number of hydrogen-bond acceptors (Lipinski definition) is 3. The number of aryl methyl sites for hydroxylation is 1. The SMILES string of the molecule is Cn1nc(C(=O)O)cc1-c1c(F)cc(O)c(Cl)c1F. The topological polar surface area (TPSA) is 75.4 Å². The number of aromatic nitrogens is 2. The van der Waals surface area contributed by atoms with Crippen LogP contribution >= 0.6 is 11.6 Å².